The van der Waals surface area contributed by atoms with Gasteiger partial charge in [-0.05, 0) is 30.4 Å². The lowest BCUT2D eigenvalue weighted by Gasteiger charge is -2.03. The number of aromatic nitrogens is 2. The fraction of sp³-hybridized carbons (Fsp3) is 0.385. The van der Waals surface area contributed by atoms with E-state index in [1.807, 2.05) is 0 Å². The highest BCUT2D eigenvalue weighted by Gasteiger charge is 2.12. The van der Waals surface area contributed by atoms with Gasteiger partial charge in [-0.25, -0.2) is 0 Å². The second-order valence-electron chi connectivity index (χ2n) is 4.02. The number of thioether (sulfide) groups is 1. The van der Waals surface area contributed by atoms with Gasteiger partial charge in [-0.15, -0.1) is 0 Å². The van der Waals surface area contributed by atoms with Crippen LogP contribution in [0.3, 0.4) is 0 Å². The molecule has 0 radical (unpaired) electrons. The van der Waals surface area contributed by atoms with Crippen molar-refractivity contribution in [3.63, 3.8) is 0 Å². The van der Waals surface area contributed by atoms with E-state index in [9.17, 15) is 0 Å². The normalized spacial score (nSPS) is 10.6. The zero-order valence-electron chi connectivity index (χ0n) is 11.0. The summed E-state index contributed by atoms with van der Waals surface area (Å²) in [4.78, 5) is 4.35. The Hall–Kier alpha value is -1.69. The molecule has 102 valence electrons. The van der Waals surface area contributed by atoms with E-state index in [1.54, 1.807) is 37.1 Å². The van der Waals surface area contributed by atoms with Crippen LogP contribution in [-0.4, -0.2) is 23.0 Å². The van der Waals surface area contributed by atoms with Crippen molar-refractivity contribution in [1.29, 1.82) is 0 Å². The minimum absolute atomic E-state index is 0.434. The van der Waals surface area contributed by atoms with Gasteiger partial charge >= 0.3 is 0 Å². The van der Waals surface area contributed by atoms with E-state index >= 15 is 0 Å². The van der Waals surface area contributed by atoms with Crippen molar-refractivity contribution in [3.05, 3.63) is 24.0 Å². The molecule has 1 aromatic heterocycles. The number of benzene rings is 1. The number of nitrogens with zero attached hydrogens (tertiary/aromatic N) is 2. The molecule has 0 spiro atoms. The first-order valence-electron chi connectivity index (χ1n) is 6.08. The van der Waals surface area contributed by atoms with Gasteiger partial charge in [-0.2, -0.15) is 16.7 Å². The van der Waals surface area contributed by atoms with Gasteiger partial charge in [0.15, 0.2) is 5.82 Å². The summed E-state index contributed by atoms with van der Waals surface area (Å²) in [5, 5.41) is 3.96. The first-order chi connectivity index (χ1) is 9.24. The molecule has 5 nitrogen and oxygen atoms in total. The average Bonchev–Trinajstić information content (AvgIpc) is 2.88. The van der Waals surface area contributed by atoms with Crippen molar-refractivity contribution in [3.8, 4) is 17.2 Å². The van der Waals surface area contributed by atoms with E-state index in [4.69, 9.17) is 15.0 Å². The fourth-order valence-corrected chi connectivity index (χ4v) is 2.31. The first kappa shape index (κ1) is 13.7. The lowest BCUT2D eigenvalue weighted by Crippen LogP contribution is -1.92. The van der Waals surface area contributed by atoms with E-state index in [1.165, 1.54) is 0 Å². The van der Waals surface area contributed by atoms with Gasteiger partial charge in [0, 0.05) is 5.69 Å². The smallest absolute Gasteiger partial charge is 0.260 e. The lowest BCUT2D eigenvalue weighted by atomic mass is 10.1. The molecule has 0 unspecified atom stereocenters. The molecule has 0 aliphatic heterocycles. The summed E-state index contributed by atoms with van der Waals surface area (Å²) < 4.78 is 10.4. The Morgan fingerprint density at radius 2 is 2.26 bits per heavy atom. The first-order valence-corrected chi connectivity index (χ1v) is 7.24. The number of hydrogen-bond acceptors (Lipinski definition) is 6. The molecule has 0 fully saturated rings. The van der Waals surface area contributed by atoms with Crippen LogP contribution in [0.15, 0.2) is 22.7 Å². The van der Waals surface area contributed by atoms with Crippen LogP contribution in [0.2, 0.25) is 0 Å². The number of nitrogens with two attached hydrogens (primary N) is 1. The Kier molecular flexibility index (Phi) is 4.68. The third-order valence-electron chi connectivity index (χ3n) is 2.54. The zero-order valence-corrected chi connectivity index (χ0v) is 11.9. The maximum absolute atomic E-state index is 5.92. The Bertz CT molecular complexity index is 542. The molecular formula is C13H17N3O2S. The average molecular weight is 279 g/mol. The molecule has 0 amide bonds. The Morgan fingerprint density at radius 1 is 1.42 bits per heavy atom. The number of ether oxygens (including phenoxy) is 1. The van der Waals surface area contributed by atoms with Crippen LogP contribution in [0, 0.1) is 0 Å². The predicted molar refractivity (Wildman–Crippen MR) is 77.2 cm³/mol. The molecule has 2 aromatic rings. The minimum atomic E-state index is 0.434. The highest BCUT2D eigenvalue weighted by atomic mass is 32.2. The molecule has 0 aliphatic rings. The van der Waals surface area contributed by atoms with Crippen molar-refractivity contribution in [2.24, 2.45) is 0 Å². The van der Waals surface area contributed by atoms with Crippen LogP contribution >= 0.6 is 11.8 Å². The summed E-state index contributed by atoms with van der Waals surface area (Å²) in [6.45, 7) is 2.14. The molecule has 0 atom stereocenters. The van der Waals surface area contributed by atoms with Gasteiger partial charge in [-0.1, -0.05) is 12.1 Å². The largest absolute Gasteiger partial charge is 0.497 e. The van der Waals surface area contributed by atoms with Crippen LogP contribution in [0.25, 0.3) is 11.5 Å². The van der Waals surface area contributed by atoms with Crippen molar-refractivity contribution in [2.45, 2.75) is 19.1 Å². The molecule has 2 N–H and O–H groups in total. The lowest BCUT2D eigenvalue weighted by molar-refractivity contribution is 0.412. The molecule has 2 rings (SSSR count). The van der Waals surface area contributed by atoms with Crippen LogP contribution in [0.4, 0.5) is 5.69 Å². The standard InChI is InChI=1S/C13H17N3O2S/c1-3-6-19-8-12-15-13(18-16-12)10-7-9(17-2)4-5-11(10)14/h4-5,7H,3,6,8,14H2,1-2H3. The van der Waals surface area contributed by atoms with E-state index in [0.29, 0.717) is 28.7 Å². The SMILES string of the molecule is CCCSCc1noc(-c2cc(OC)ccc2N)n1. The second kappa shape index (κ2) is 6.47. The predicted octanol–water partition coefficient (Wildman–Crippen LogP) is 2.97. The molecular weight excluding hydrogens is 262 g/mol. The van der Waals surface area contributed by atoms with E-state index in [2.05, 4.69) is 17.1 Å². The molecule has 1 heterocycles. The Balaban J connectivity index is 2.17. The van der Waals surface area contributed by atoms with Crippen molar-refractivity contribution in [2.75, 3.05) is 18.6 Å². The molecule has 0 saturated heterocycles. The van der Waals surface area contributed by atoms with Crippen LogP contribution in [0.5, 0.6) is 5.75 Å². The van der Waals surface area contributed by atoms with Crippen molar-refractivity contribution >= 4 is 17.4 Å². The van der Waals surface area contributed by atoms with Crippen LogP contribution in [-0.2, 0) is 5.75 Å². The van der Waals surface area contributed by atoms with Gasteiger partial charge in [0.1, 0.15) is 5.75 Å². The van der Waals surface area contributed by atoms with E-state index in [-0.39, 0.29) is 0 Å². The third kappa shape index (κ3) is 3.41. The fourth-order valence-electron chi connectivity index (χ4n) is 1.58. The maximum Gasteiger partial charge on any atom is 0.260 e. The highest BCUT2D eigenvalue weighted by Crippen LogP contribution is 2.28. The van der Waals surface area contributed by atoms with E-state index in [0.717, 1.165) is 17.9 Å². The van der Waals surface area contributed by atoms with E-state index < -0.39 is 0 Å². The van der Waals surface area contributed by atoms with Crippen LogP contribution in [0.1, 0.15) is 19.2 Å². The third-order valence-corrected chi connectivity index (χ3v) is 3.70. The van der Waals surface area contributed by atoms with Gasteiger partial charge in [0.25, 0.3) is 5.89 Å². The number of methoxy groups -OCH3 is 1. The van der Waals surface area contributed by atoms with Crippen molar-refractivity contribution < 1.29 is 9.26 Å². The molecule has 6 heteroatoms. The number of nitrogen functional groups attached to an aromatic ring is 1. The summed E-state index contributed by atoms with van der Waals surface area (Å²) in [6, 6.07) is 5.36. The van der Waals surface area contributed by atoms with Gasteiger partial charge in [0.05, 0.1) is 18.4 Å². The summed E-state index contributed by atoms with van der Waals surface area (Å²) in [5.41, 5.74) is 7.22. The molecule has 0 aliphatic carbocycles. The summed E-state index contributed by atoms with van der Waals surface area (Å²) in [7, 11) is 1.61. The Morgan fingerprint density at radius 3 is 3.00 bits per heavy atom. The van der Waals surface area contributed by atoms with Crippen LogP contribution < -0.4 is 10.5 Å². The number of rotatable bonds is 6. The molecule has 0 bridgehead atoms. The summed E-state index contributed by atoms with van der Waals surface area (Å²) in [5.74, 6) is 3.68. The molecule has 0 saturated carbocycles. The second-order valence-corrected chi connectivity index (χ2v) is 5.13. The monoisotopic (exact) mass is 279 g/mol. The van der Waals surface area contributed by atoms with Gasteiger partial charge < -0.3 is 15.0 Å². The molecule has 1 aromatic carbocycles. The minimum Gasteiger partial charge on any atom is -0.497 e. The van der Waals surface area contributed by atoms with Crippen molar-refractivity contribution in [1.82, 2.24) is 10.1 Å². The van der Waals surface area contributed by atoms with Gasteiger partial charge in [-0.3, -0.25) is 0 Å². The summed E-state index contributed by atoms with van der Waals surface area (Å²) >= 11 is 1.79. The number of hydrogen-bond donors (Lipinski definition) is 1. The number of anilines is 1. The maximum atomic E-state index is 5.92. The summed E-state index contributed by atoms with van der Waals surface area (Å²) in [6.07, 6.45) is 1.14. The quantitative estimate of drug-likeness (QED) is 0.647. The van der Waals surface area contributed by atoms with Gasteiger partial charge in [0.2, 0.25) is 0 Å². The molecule has 19 heavy (non-hydrogen) atoms. The Labute approximate surface area is 116 Å². The topological polar surface area (TPSA) is 74.2 Å². The zero-order chi connectivity index (χ0) is 13.7. The highest BCUT2D eigenvalue weighted by molar-refractivity contribution is 7.98.